The molecule has 18 heavy (non-hydrogen) atoms. The minimum atomic E-state index is -0.677. The highest BCUT2D eigenvalue weighted by atomic mass is 32.1. The first-order valence-electron chi connectivity index (χ1n) is 5.24. The van der Waals surface area contributed by atoms with Crippen LogP contribution >= 0.6 is 11.3 Å². The Hall–Kier alpha value is -1.88. The number of ether oxygens (including phenoxy) is 2. The standard InChI is InChI=1S/C13H11FO3S/c1-16-9-4-5-11(12(14)7-9)13(15)17-8-10-3-2-6-18-10/h2-7H,8H2,1H3. The van der Waals surface area contributed by atoms with E-state index in [0.717, 1.165) is 10.9 Å². The van der Waals surface area contributed by atoms with Gasteiger partial charge in [-0.3, -0.25) is 0 Å². The molecule has 1 aromatic carbocycles. The number of hydrogen-bond donors (Lipinski definition) is 0. The molecule has 1 heterocycles. The van der Waals surface area contributed by atoms with Gasteiger partial charge >= 0.3 is 5.97 Å². The van der Waals surface area contributed by atoms with Crippen LogP contribution in [0.3, 0.4) is 0 Å². The van der Waals surface area contributed by atoms with Crippen LogP contribution < -0.4 is 4.74 Å². The van der Waals surface area contributed by atoms with Crippen LogP contribution in [-0.2, 0) is 11.3 Å². The van der Waals surface area contributed by atoms with Crippen molar-refractivity contribution in [2.45, 2.75) is 6.61 Å². The number of hydrogen-bond acceptors (Lipinski definition) is 4. The normalized spacial score (nSPS) is 10.1. The van der Waals surface area contributed by atoms with Gasteiger partial charge in [0.1, 0.15) is 18.2 Å². The average molecular weight is 266 g/mol. The molecule has 0 radical (unpaired) electrons. The minimum Gasteiger partial charge on any atom is -0.497 e. The summed E-state index contributed by atoms with van der Waals surface area (Å²) in [7, 11) is 1.43. The summed E-state index contributed by atoms with van der Waals surface area (Å²) in [4.78, 5) is 12.6. The maximum absolute atomic E-state index is 13.6. The summed E-state index contributed by atoms with van der Waals surface area (Å²) >= 11 is 1.48. The molecule has 2 rings (SSSR count). The van der Waals surface area contributed by atoms with Crippen molar-refractivity contribution in [3.63, 3.8) is 0 Å². The van der Waals surface area contributed by atoms with E-state index in [2.05, 4.69) is 0 Å². The third kappa shape index (κ3) is 2.87. The van der Waals surface area contributed by atoms with Crippen molar-refractivity contribution < 1.29 is 18.7 Å². The van der Waals surface area contributed by atoms with Gasteiger partial charge in [-0.15, -0.1) is 11.3 Å². The molecule has 0 fully saturated rings. The van der Waals surface area contributed by atoms with Crippen molar-refractivity contribution in [1.82, 2.24) is 0 Å². The van der Waals surface area contributed by atoms with E-state index in [-0.39, 0.29) is 12.2 Å². The highest BCUT2D eigenvalue weighted by Gasteiger charge is 2.14. The van der Waals surface area contributed by atoms with E-state index in [9.17, 15) is 9.18 Å². The van der Waals surface area contributed by atoms with Gasteiger partial charge in [0.2, 0.25) is 0 Å². The molecule has 94 valence electrons. The zero-order valence-electron chi connectivity index (χ0n) is 9.68. The molecule has 0 N–H and O–H groups in total. The summed E-state index contributed by atoms with van der Waals surface area (Å²) < 4.78 is 23.5. The highest BCUT2D eigenvalue weighted by Crippen LogP contribution is 2.18. The van der Waals surface area contributed by atoms with E-state index in [1.54, 1.807) is 0 Å². The fourth-order valence-corrected chi connectivity index (χ4v) is 2.01. The summed E-state index contributed by atoms with van der Waals surface area (Å²) in [6.45, 7) is 0.155. The number of rotatable bonds is 4. The molecule has 1 aromatic heterocycles. The molecule has 3 nitrogen and oxygen atoms in total. The Balaban J connectivity index is 2.04. The smallest absolute Gasteiger partial charge is 0.341 e. The van der Waals surface area contributed by atoms with Gasteiger partial charge in [0, 0.05) is 10.9 Å². The van der Waals surface area contributed by atoms with Gasteiger partial charge in [-0.05, 0) is 23.6 Å². The van der Waals surface area contributed by atoms with Crippen molar-refractivity contribution in [2.75, 3.05) is 7.11 Å². The number of methoxy groups -OCH3 is 1. The molecule has 0 saturated heterocycles. The Bertz CT molecular complexity index is 537. The molecular weight excluding hydrogens is 255 g/mol. The van der Waals surface area contributed by atoms with E-state index in [1.165, 1.54) is 30.6 Å². The SMILES string of the molecule is COc1ccc(C(=O)OCc2cccs2)c(F)c1. The predicted octanol–water partition coefficient (Wildman–Crippen LogP) is 3.25. The second-order valence-corrected chi connectivity index (χ2v) is 4.53. The Kier molecular flexibility index (Phi) is 3.94. The van der Waals surface area contributed by atoms with Crippen molar-refractivity contribution in [3.05, 3.63) is 52.0 Å². The molecule has 0 aliphatic heterocycles. The average Bonchev–Trinajstić information content (AvgIpc) is 2.88. The first-order valence-corrected chi connectivity index (χ1v) is 6.11. The second-order valence-electron chi connectivity index (χ2n) is 3.50. The van der Waals surface area contributed by atoms with Gasteiger partial charge in [-0.1, -0.05) is 6.07 Å². The number of thiophene rings is 1. The molecule has 0 spiro atoms. The van der Waals surface area contributed by atoms with E-state index in [0.29, 0.717) is 5.75 Å². The van der Waals surface area contributed by atoms with E-state index in [4.69, 9.17) is 9.47 Å². The molecule has 5 heteroatoms. The van der Waals surface area contributed by atoms with Gasteiger partial charge in [-0.2, -0.15) is 0 Å². The van der Waals surface area contributed by atoms with Gasteiger partial charge in [0.25, 0.3) is 0 Å². The lowest BCUT2D eigenvalue weighted by molar-refractivity contribution is 0.0471. The first-order chi connectivity index (χ1) is 8.70. The van der Waals surface area contributed by atoms with Crippen molar-refractivity contribution in [1.29, 1.82) is 0 Å². The maximum Gasteiger partial charge on any atom is 0.341 e. The molecule has 0 aliphatic carbocycles. The molecule has 2 aromatic rings. The topological polar surface area (TPSA) is 35.5 Å². The van der Waals surface area contributed by atoms with Crippen molar-refractivity contribution in [2.24, 2.45) is 0 Å². The molecule has 0 bridgehead atoms. The van der Waals surface area contributed by atoms with Crippen LogP contribution in [-0.4, -0.2) is 13.1 Å². The van der Waals surface area contributed by atoms with Crippen molar-refractivity contribution in [3.8, 4) is 5.75 Å². The summed E-state index contributed by atoms with van der Waals surface area (Å²) in [5.41, 5.74) is -0.0904. The number of carbonyl (C=O) groups is 1. The van der Waals surface area contributed by atoms with Crippen LogP contribution in [0.25, 0.3) is 0 Å². The minimum absolute atomic E-state index is 0.0904. The quantitative estimate of drug-likeness (QED) is 0.797. The Morgan fingerprint density at radius 2 is 2.22 bits per heavy atom. The summed E-state index contributed by atoms with van der Waals surface area (Å²) in [5, 5.41) is 1.89. The molecular formula is C13H11FO3S. The number of benzene rings is 1. The highest BCUT2D eigenvalue weighted by molar-refractivity contribution is 7.09. The lowest BCUT2D eigenvalue weighted by atomic mass is 10.2. The molecule has 0 saturated carbocycles. The monoisotopic (exact) mass is 266 g/mol. The van der Waals surface area contributed by atoms with Gasteiger partial charge in [0.05, 0.1) is 12.7 Å². The van der Waals surface area contributed by atoms with Gasteiger partial charge < -0.3 is 9.47 Å². The maximum atomic E-state index is 13.6. The molecule has 0 atom stereocenters. The van der Waals surface area contributed by atoms with Crippen LogP contribution in [0.15, 0.2) is 35.7 Å². The zero-order chi connectivity index (χ0) is 13.0. The lowest BCUT2D eigenvalue weighted by Crippen LogP contribution is -2.07. The summed E-state index contributed by atoms with van der Waals surface area (Å²) in [6.07, 6.45) is 0. The first kappa shape index (κ1) is 12.6. The third-order valence-corrected chi connectivity index (χ3v) is 3.17. The lowest BCUT2D eigenvalue weighted by Gasteiger charge is -2.06. The van der Waals surface area contributed by atoms with Crippen molar-refractivity contribution >= 4 is 17.3 Å². The van der Waals surface area contributed by atoms with E-state index >= 15 is 0 Å². The van der Waals surface area contributed by atoms with Gasteiger partial charge in [-0.25, -0.2) is 9.18 Å². The van der Waals surface area contributed by atoms with Crippen LogP contribution in [0.4, 0.5) is 4.39 Å². The van der Waals surface area contributed by atoms with E-state index < -0.39 is 11.8 Å². The van der Waals surface area contributed by atoms with Gasteiger partial charge in [0.15, 0.2) is 0 Å². The van der Waals surface area contributed by atoms with Crippen LogP contribution in [0, 0.1) is 5.82 Å². The fraction of sp³-hybridized carbons (Fsp3) is 0.154. The number of carbonyl (C=O) groups excluding carboxylic acids is 1. The summed E-state index contributed by atoms with van der Waals surface area (Å²) in [6, 6.07) is 7.74. The Morgan fingerprint density at radius 3 is 2.83 bits per heavy atom. The number of halogens is 1. The third-order valence-electron chi connectivity index (χ3n) is 2.32. The Labute approximate surface area is 108 Å². The molecule has 0 amide bonds. The van der Waals surface area contributed by atoms with Crippen LogP contribution in [0.5, 0.6) is 5.75 Å². The fourth-order valence-electron chi connectivity index (χ4n) is 1.40. The van der Waals surface area contributed by atoms with Crippen LogP contribution in [0.1, 0.15) is 15.2 Å². The molecule has 0 aliphatic rings. The second kappa shape index (κ2) is 5.64. The van der Waals surface area contributed by atoms with E-state index in [1.807, 2.05) is 17.5 Å². The summed E-state index contributed by atoms with van der Waals surface area (Å²) in [5.74, 6) is -0.962. The zero-order valence-corrected chi connectivity index (χ0v) is 10.5. The predicted molar refractivity (Wildman–Crippen MR) is 66.4 cm³/mol. The van der Waals surface area contributed by atoms with Crippen LogP contribution in [0.2, 0.25) is 0 Å². The molecule has 0 unspecified atom stereocenters. The number of esters is 1. The largest absolute Gasteiger partial charge is 0.497 e. The Morgan fingerprint density at radius 1 is 1.39 bits per heavy atom.